The molecule has 1 aromatic rings. The smallest absolute Gasteiger partial charge is 0.318 e. The van der Waals surface area contributed by atoms with E-state index in [-0.39, 0.29) is 17.6 Å². The molecule has 2 saturated heterocycles. The normalized spacial score (nSPS) is 26.3. The molecular formula is C29H45N3O4. The molecule has 0 bridgehead atoms. The maximum atomic E-state index is 13.0. The lowest BCUT2D eigenvalue weighted by Crippen LogP contribution is -2.52. The fourth-order valence-corrected chi connectivity index (χ4v) is 6.63. The third-order valence-corrected chi connectivity index (χ3v) is 9.11. The molecule has 2 amide bonds. The van der Waals surface area contributed by atoms with E-state index in [2.05, 4.69) is 36.2 Å². The van der Waals surface area contributed by atoms with Gasteiger partial charge in [-0.3, -0.25) is 9.69 Å². The van der Waals surface area contributed by atoms with Gasteiger partial charge in [0, 0.05) is 32.2 Å². The lowest BCUT2D eigenvalue weighted by Gasteiger charge is -2.41. The largest absolute Gasteiger partial charge is 0.494 e. The Bertz CT molecular complexity index is 946. The predicted molar refractivity (Wildman–Crippen MR) is 141 cm³/mol. The first kappa shape index (κ1) is 26.8. The van der Waals surface area contributed by atoms with E-state index >= 15 is 0 Å². The molecule has 36 heavy (non-hydrogen) atoms. The van der Waals surface area contributed by atoms with Crippen molar-refractivity contribution < 1.29 is 19.4 Å². The summed E-state index contributed by atoms with van der Waals surface area (Å²) in [7, 11) is 0. The molecule has 3 aliphatic rings. The van der Waals surface area contributed by atoms with Gasteiger partial charge >= 0.3 is 12.0 Å². The summed E-state index contributed by atoms with van der Waals surface area (Å²) in [5.74, 6) is 0.309. The van der Waals surface area contributed by atoms with Gasteiger partial charge in [-0.15, -0.1) is 0 Å². The molecule has 2 heterocycles. The molecule has 7 nitrogen and oxygen atoms in total. The lowest BCUT2D eigenvalue weighted by atomic mass is 9.70. The second kappa shape index (κ2) is 11.0. The average molecular weight is 500 g/mol. The van der Waals surface area contributed by atoms with Crippen LogP contribution in [0.3, 0.4) is 0 Å². The molecule has 1 aliphatic carbocycles. The van der Waals surface area contributed by atoms with Crippen LogP contribution in [0.4, 0.5) is 4.79 Å². The number of carbonyl (C=O) groups excluding carboxylic acids is 1. The van der Waals surface area contributed by atoms with Crippen molar-refractivity contribution in [2.75, 3.05) is 26.2 Å². The summed E-state index contributed by atoms with van der Waals surface area (Å²) in [5.41, 5.74) is 3.22. The molecule has 200 valence electrons. The van der Waals surface area contributed by atoms with Crippen LogP contribution in [-0.2, 0) is 17.8 Å². The van der Waals surface area contributed by atoms with Crippen molar-refractivity contribution in [3.8, 4) is 5.75 Å². The van der Waals surface area contributed by atoms with E-state index in [9.17, 15) is 14.7 Å². The fraction of sp³-hybridized carbons (Fsp3) is 0.724. The average Bonchev–Trinajstić information content (AvgIpc) is 3.19. The molecule has 2 aliphatic heterocycles. The third-order valence-electron chi connectivity index (χ3n) is 9.11. The Labute approximate surface area is 216 Å². The van der Waals surface area contributed by atoms with Crippen LogP contribution in [0.15, 0.2) is 12.1 Å². The van der Waals surface area contributed by atoms with Crippen LogP contribution < -0.4 is 10.1 Å². The van der Waals surface area contributed by atoms with Gasteiger partial charge in [0.05, 0.1) is 17.6 Å². The summed E-state index contributed by atoms with van der Waals surface area (Å²) in [6.45, 7) is 12.6. The number of hydrogen-bond acceptors (Lipinski definition) is 4. The number of nitrogens with zero attached hydrogens (tertiary/aromatic N) is 2. The minimum absolute atomic E-state index is 0.0397. The minimum Gasteiger partial charge on any atom is -0.494 e. The van der Waals surface area contributed by atoms with Gasteiger partial charge in [0.25, 0.3) is 0 Å². The molecular weight excluding hydrogens is 454 g/mol. The summed E-state index contributed by atoms with van der Waals surface area (Å²) < 4.78 is 5.89. The van der Waals surface area contributed by atoms with Crippen molar-refractivity contribution in [2.45, 2.75) is 104 Å². The number of nitrogens with one attached hydrogen (secondary N) is 1. The molecule has 4 rings (SSSR count). The van der Waals surface area contributed by atoms with E-state index in [4.69, 9.17) is 4.74 Å². The molecule has 0 atom stereocenters. The number of hydrogen-bond donors (Lipinski definition) is 2. The number of rotatable bonds is 9. The number of urea groups is 1. The van der Waals surface area contributed by atoms with Crippen LogP contribution in [0.25, 0.3) is 0 Å². The van der Waals surface area contributed by atoms with Gasteiger partial charge in [0.15, 0.2) is 0 Å². The Hall–Kier alpha value is -2.28. The number of likely N-dealkylation sites (tertiary alicyclic amines) is 1. The van der Waals surface area contributed by atoms with E-state index in [0.29, 0.717) is 25.9 Å². The molecule has 1 spiro atoms. The zero-order valence-electron chi connectivity index (χ0n) is 22.7. The predicted octanol–water partition coefficient (Wildman–Crippen LogP) is 5.13. The second-order valence-electron chi connectivity index (χ2n) is 11.4. The number of carboxylic acid groups (broad SMARTS) is 1. The van der Waals surface area contributed by atoms with Crippen LogP contribution in [0.1, 0.15) is 88.8 Å². The fourth-order valence-electron chi connectivity index (χ4n) is 6.63. The van der Waals surface area contributed by atoms with E-state index in [1.807, 2.05) is 18.7 Å². The van der Waals surface area contributed by atoms with Crippen molar-refractivity contribution in [1.82, 2.24) is 15.1 Å². The van der Waals surface area contributed by atoms with Gasteiger partial charge in [-0.2, -0.15) is 0 Å². The zero-order chi connectivity index (χ0) is 25.9. The number of piperidine rings is 1. The first-order valence-corrected chi connectivity index (χ1v) is 14.0. The first-order valence-electron chi connectivity index (χ1n) is 14.0. The summed E-state index contributed by atoms with van der Waals surface area (Å²) >= 11 is 0. The van der Waals surface area contributed by atoms with Crippen molar-refractivity contribution >= 4 is 12.0 Å². The number of aryl methyl sites for hydroxylation is 2. The van der Waals surface area contributed by atoms with Gasteiger partial charge in [-0.1, -0.05) is 26.3 Å². The van der Waals surface area contributed by atoms with Crippen LogP contribution in [0.2, 0.25) is 0 Å². The summed E-state index contributed by atoms with van der Waals surface area (Å²) in [6.07, 6.45) is 7.65. The monoisotopic (exact) mass is 499 g/mol. The first-order chi connectivity index (χ1) is 17.2. The number of carbonyl (C=O) groups is 2. The molecule has 1 saturated carbocycles. The van der Waals surface area contributed by atoms with Crippen molar-refractivity contribution in [3.05, 3.63) is 28.8 Å². The standard InChI is InChI=1S/C29H45N3O4/c1-5-8-22-17-21(4)25(36-7-3)18-23(22)19-31-15-13-29(14-16-31)20-32(27(35)30-29)24-9-11-28(6-2,12-10-24)26(33)34/h17-18,24H,5-16,19-20H2,1-4H3,(H,30,35)(H,33,34)/t24-,28-. The van der Waals surface area contributed by atoms with E-state index in [1.54, 1.807) is 0 Å². The Morgan fingerprint density at radius 1 is 1.11 bits per heavy atom. The molecule has 2 N–H and O–H groups in total. The van der Waals surface area contributed by atoms with E-state index in [0.717, 1.165) is 70.5 Å². The lowest BCUT2D eigenvalue weighted by molar-refractivity contribution is -0.152. The third kappa shape index (κ3) is 5.36. The zero-order valence-corrected chi connectivity index (χ0v) is 22.7. The highest BCUT2D eigenvalue weighted by Crippen LogP contribution is 2.42. The quantitative estimate of drug-likeness (QED) is 0.492. The summed E-state index contributed by atoms with van der Waals surface area (Å²) in [6, 6.07) is 4.73. The van der Waals surface area contributed by atoms with Gasteiger partial charge in [0.1, 0.15) is 5.75 Å². The highest BCUT2D eigenvalue weighted by atomic mass is 16.5. The van der Waals surface area contributed by atoms with E-state index in [1.165, 1.54) is 16.7 Å². The van der Waals surface area contributed by atoms with Crippen LogP contribution in [0, 0.1) is 12.3 Å². The molecule has 0 radical (unpaired) electrons. The van der Waals surface area contributed by atoms with Crippen molar-refractivity contribution in [2.24, 2.45) is 5.41 Å². The number of ether oxygens (including phenoxy) is 1. The highest BCUT2D eigenvalue weighted by Gasteiger charge is 2.49. The van der Waals surface area contributed by atoms with Crippen LogP contribution in [0.5, 0.6) is 5.75 Å². The Morgan fingerprint density at radius 2 is 1.81 bits per heavy atom. The molecule has 1 aromatic carbocycles. The maximum Gasteiger partial charge on any atom is 0.318 e. The molecule has 0 unspecified atom stereocenters. The van der Waals surface area contributed by atoms with Crippen molar-refractivity contribution in [3.63, 3.8) is 0 Å². The maximum absolute atomic E-state index is 13.0. The minimum atomic E-state index is -0.679. The summed E-state index contributed by atoms with van der Waals surface area (Å²) in [4.78, 5) is 29.4. The number of amides is 2. The highest BCUT2D eigenvalue weighted by molar-refractivity contribution is 5.78. The van der Waals surface area contributed by atoms with Gasteiger partial charge in [0.2, 0.25) is 0 Å². The van der Waals surface area contributed by atoms with E-state index < -0.39 is 11.4 Å². The number of carboxylic acids is 1. The SMILES string of the molecule is CCCc1cc(C)c(OCC)cc1CN1CCC2(CC1)CN([C@H]1CC[C@](CC)(C(=O)O)CC1)C(=O)N2. The van der Waals surface area contributed by atoms with Gasteiger partial charge < -0.3 is 20.1 Å². The molecule has 3 fully saturated rings. The molecule has 0 aromatic heterocycles. The summed E-state index contributed by atoms with van der Waals surface area (Å²) in [5, 5.41) is 13.1. The second-order valence-corrected chi connectivity index (χ2v) is 11.4. The Kier molecular flexibility index (Phi) is 8.18. The van der Waals surface area contributed by atoms with Gasteiger partial charge in [-0.05, 0) is 88.0 Å². The van der Waals surface area contributed by atoms with Crippen molar-refractivity contribution in [1.29, 1.82) is 0 Å². The topological polar surface area (TPSA) is 82.1 Å². The Morgan fingerprint density at radius 3 is 2.39 bits per heavy atom. The van der Waals surface area contributed by atoms with Crippen LogP contribution >= 0.6 is 0 Å². The number of benzene rings is 1. The van der Waals surface area contributed by atoms with Gasteiger partial charge in [-0.25, -0.2) is 4.79 Å². The molecule has 7 heteroatoms. The Balaban J connectivity index is 1.36. The van der Waals surface area contributed by atoms with Crippen LogP contribution in [-0.4, -0.2) is 64.7 Å². The number of aliphatic carboxylic acids is 1.